The first-order valence-electron chi connectivity index (χ1n) is 7.22. The molecule has 2 aromatic carbocycles. The number of carbonyl (C=O) groups is 2. The number of primary amides is 1. The molecule has 6 heteroatoms. The van der Waals surface area contributed by atoms with Crippen molar-refractivity contribution in [3.63, 3.8) is 0 Å². The molecule has 3 N–H and O–H groups in total. The zero-order chi connectivity index (χ0) is 17.4. The van der Waals surface area contributed by atoms with E-state index in [0.29, 0.717) is 11.4 Å². The van der Waals surface area contributed by atoms with Crippen LogP contribution in [0.25, 0.3) is 6.08 Å². The number of nitrogens with two attached hydrogens (primary N) is 1. The second kappa shape index (κ2) is 8.79. The molecule has 2 rings (SSSR count). The van der Waals surface area contributed by atoms with E-state index in [-0.39, 0.29) is 11.7 Å². The Morgan fingerprint density at radius 2 is 1.88 bits per heavy atom. The maximum atomic E-state index is 12.1. The average Bonchev–Trinajstić information content (AvgIpc) is 2.59. The number of amides is 2. The summed E-state index contributed by atoms with van der Waals surface area (Å²) in [6.07, 6.45) is 3.13. The van der Waals surface area contributed by atoms with E-state index < -0.39 is 5.91 Å². The Hall–Kier alpha value is -2.73. The number of methoxy groups -OCH3 is 1. The quantitative estimate of drug-likeness (QED) is 0.599. The van der Waals surface area contributed by atoms with Crippen molar-refractivity contribution in [3.8, 4) is 5.75 Å². The number of carbonyl (C=O) groups excluding carboxylic acids is 2. The molecular weight excluding hydrogens is 324 g/mol. The molecule has 0 aliphatic heterocycles. The van der Waals surface area contributed by atoms with Crippen LogP contribution in [0.2, 0.25) is 0 Å². The van der Waals surface area contributed by atoms with Crippen LogP contribution in [0, 0.1) is 0 Å². The van der Waals surface area contributed by atoms with E-state index >= 15 is 0 Å². The van der Waals surface area contributed by atoms with Crippen LogP contribution in [-0.4, -0.2) is 24.7 Å². The van der Waals surface area contributed by atoms with Gasteiger partial charge in [-0.1, -0.05) is 30.3 Å². The van der Waals surface area contributed by atoms with Gasteiger partial charge < -0.3 is 15.8 Å². The summed E-state index contributed by atoms with van der Waals surface area (Å²) in [5, 5.41) is 2.80. The van der Waals surface area contributed by atoms with Gasteiger partial charge in [0.25, 0.3) is 0 Å². The standard InChI is InChI=1S/C18H18N2O3S/c1-23-15-8-4-2-6-13(15)10-11-18(22)20-14-7-3-5-9-16(14)24-12-17(19)21/h2-11H,12H2,1H3,(H2,19,21)(H,20,22). The van der Waals surface area contributed by atoms with Crippen LogP contribution in [0.3, 0.4) is 0 Å². The SMILES string of the molecule is COc1ccccc1C=CC(=O)Nc1ccccc1SCC(N)=O. The monoisotopic (exact) mass is 342 g/mol. The van der Waals surface area contributed by atoms with Crippen LogP contribution in [0.15, 0.2) is 59.5 Å². The summed E-state index contributed by atoms with van der Waals surface area (Å²) in [6.45, 7) is 0. The maximum Gasteiger partial charge on any atom is 0.248 e. The number of thioether (sulfide) groups is 1. The van der Waals surface area contributed by atoms with E-state index in [0.717, 1.165) is 10.5 Å². The van der Waals surface area contributed by atoms with Crippen molar-refractivity contribution >= 4 is 35.3 Å². The fourth-order valence-electron chi connectivity index (χ4n) is 1.99. The highest BCUT2D eigenvalue weighted by Crippen LogP contribution is 2.26. The number of rotatable bonds is 7. The number of hydrogen-bond donors (Lipinski definition) is 2. The molecule has 24 heavy (non-hydrogen) atoms. The highest BCUT2D eigenvalue weighted by molar-refractivity contribution is 8.00. The van der Waals surface area contributed by atoms with Gasteiger partial charge >= 0.3 is 0 Å². The molecule has 5 nitrogen and oxygen atoms in total. The van der Waals surface area contributed by atoms with Gasteiger partial charge in [0.05, 0.1) is 18.6 Å². The molecule has 0 unspecified atom stereocenters. The Balaban J connectivity index is 2.07. The third-order valence-corrected chi connectivity index (χ3v) is 4.16. The number of para-hydroxylation sites is 2. The van der Waals surface area contributed by atoms with E-state index in [1.165, 1.54) is 17.8 Å². The van der Waals surface area contributed by atoms with Crippen LogP contribution in [0.1, 0.15) is 5.56 Å². The van der Waals surface area contributed by atoms with Gasteiger partial charge in [-0.25, -0.2) is 0 Å². The third kappa shape index (κ3) is 5.17. The Morgan fingerprint density at radius 3 is 2.62 bits per heavy atom. The van der Waals surface area contributed by atoms with Crippen LogP contribution in [-0.2, 0) is 9.59 Å². The third-order valence-electron chi connectivity index (χ3n) is 3.07. The summed E-state index contributed by atoms with van der Waals surface area (Å²) in [5.41, 5.74) is 6.61. The van der Waals surface area contributed by atoms with E-state index in [1.54, 1.807) is 19.3 Å². The molecule has 0 aromatic heterocycles. The molecule has 2 aromatic rings. The summed E-state index contributed by atoms with van der Waals surface area (Å²) < 4.78 is 5.24. The highest BCUT2D eigenvalue weighted by atomic mass is 32.2. The minimum atomic E-state index is -0.405. The fourth-order valence-corrected chi connectivity index (χ4v) is 2.74. The van der Waals surface area contributed by atoms with Crippen LogP contribution < -0.4 is 15.8 Å². The molecule has 0 fully saturated rings. The molecule has 0 saturated heterocycles. The second-order valence-corrected chi connectivity index (χ2v) is 5.83. The van der Waals surface area contributed by atoms with Crippen molar-refractivity contribution in [2.24, 2.45) is 5.73 Å². The van der Waals surface area contributed by atoms with Crippen LogP contribution in [0.5, 0.6) is 5.75 Å². The smallest absolute Gasteiger partial charge is 0.248 e. The number of hydrogen-bond acceptors (Lipinski definition) is 4. The van der Waals surface area contributed by atoms with Gasteiger partial charge in [0.2, 0.25) is 11.8 Å². The Bertz CT molecular complexity index is 759. The molecule has 0 bridgehead atoms. The van der Waals surface area contributed by atoms with Crippen molar-refractivity contribution in [3.05, 3.63) is 60.2 Å². The fraction of sp³-hybridized carbons (Fsp3) is 0.111. The van der Waals surface area contributed by atoms with Gasteiger partial charge in [-0.2, -0.15) is 0 Å². The lowest BCUT2D eigenvalue weighted by atomic mass is 10.2. The normalized spacial score (nSPS) is 10.5. The second-order valence-electron chi connectivity index (χ2n) is 4.82. The molecule has 0 atom stereocenters. The van der Waals surface area contributed by atoms with E-state index in [2.05, 4.69) is 5.32 Å². The predicted molar refractivity (Wildman–Crippen MR) is 97.0 cm³/mol. The zero-order valence-electron chi connectivity index (χ0n) is 13.2. The van der Waals surface area contributed by atoms with Crippen molar-refractivity contribution in [1.29, 1.82) is 0 Å². The minimum Gasteiger partial charge on any atom is -0.496 e. The Labute approximate surface area is 144 Å². The van der Waals surface area contributed by atoms with Gasteiger partial charge in [-0.3, -0.25) is 9.59 Å². The van der Waals surface area contributed by atoms with Gasteiger partial charge in [-0.15, -0.1) is 11.8 Å². The molecule has 0 aliphatic rings. The first kappa shape index (κ1) is 17.6. The predicted octanol–water partition coefficient (Wildman–Crippen LogP) is 2.92. The molecule has 124 valence electrons. The zero-order valence-corrected chi connectivity index (χ0v) is 14.0. The van der Waals surface area contributed by atoms with Crippen molar-refractivity contribution in [1.82, 2.24) is 0 Å². The highest BCUT2D eigenvalue weighted by Gasteiger charge is 2.06. The molecule has 0 spiro atoms. The average molecular weight is 342 g/mol. The van der Waals surface area contributed by atoms with Crippen LogP contribution in [0.4, 0.5) is 5.69 Å². The lowest BCUT2D eigenvalue weighted by Gasteiger charge is -2.08. The van der Waals surface area contributed by atoms with Crippen molar-refractivity contribution < 1.29 is 14.3 Å². The first-order valence-corrected chi connectivity index (χ1v) is 8.21. The van der Waals surface area contributed by atoms with Gasteiger partial charge in [-0.05, 0) is 24.3 Å². The van der Waals surface area contributed by atoms with Gasteiger partial charge in [0.15, 0.2) is 0 Å². The lowest BCUT2D eigenvalue weighted by molar-refractivity contribution is -0.115. The van der Waals surface area contributed by atoms with E-state index in [4.69, 9.17) is 10.5 Å². The molecule has 0 saturated carbocycles. The summed E-state index contributed by atoms with van der Waals surface area (Å²) >= 11 is 1.28. The summed E-state index contributed by atoms with van der Waals surface area (Å²) in [4.78, 5) is 23.8. The van der Waals surface area contributed by atoms with Crippen molar-refractivity contribution in [2.75, 3.05) is 18.2 Å². The van der Waals surface area contributed by atoms with Crippen LogP contribution >= 0.6 is 11.8 Å². The summed E-state index contributed by atoms with van der Waals surface area (Å²) in [6, 6.07) is 14.7. The molecule has 0 aliphatic carbocycles. The summed E-state index contributed by atoms with van der Waals surface area (Å²) in [5.74, 6) is 0.174. The van der Waals surface area contributed by atoms with Gasteiger partial charge in [0, 0.05) is 16.5 Å². The topological polar surface area (TPSA) is 81.4 Å². The number of benzene rings is 2. The first-order chi connectivity index (χ1) is 11.6. The molecular formula is C18H18N2O3S. The number of anilines is 1. The molecule has 2 amide bonds. The van der Waals surface area contributed by atoms with Gasteiger partial charge in [0.1, 0.15) is 5.75 Å². The van der Waals surface area contributed by atoms with E-state index in [1.807, 2.05) is 42.5 Å². The number of ether oxygens (including phenoxy) is 1. The minimum absolute atomic E-state index is 0.157. The Morgan fingerprint density at radius 1 is 1.17 bits per heavy atom. The largest absolute Gasteiger partial charge is 0.496 e. The van der Waals surface area contributed by atoms with E-state index in [9.17, 15) is 9.59 Å². The van der Waals surface area contributed by atoms with Crippen molar-refractivity contribution in [2.45, 2.75) is 4.90 Å². The summed E-state index contributed by atoms with van der Waals surface area (Å²) in [7, 11) is 1.58. The number of nitrogens with one attached hydrogen (secondary N) is 1. The maximum absolute atomic E-state index is 12.1. The molecule has 0 heterocycles. The molecule has 0 radical (unpaired) electrons. The lowest BCUT2D eigenvalue weighted by Crippen LogP contribution is -2.13. The Kier molecular flexibility index (Phi) is 6.45.